The van der Waals surface area contributed by atoms with Crippen LogP contribution in [-0.4, -0.2) is 24.2 Å². The SMILES string of the molecule is CN(C)C(=O)Sc1cccc(F)c1F. The molecule has 0 aliphatic heterocycles. The van der Waals surface area contributed by atoms with Gasteiger partial charge >= 0.3 is 0 Å². The van der Waals surface area contributed by atoms with Crippen LogP contribution in [-0.2, 0) is 0 Å². The quantitative estimate of drug-likeness (QED) is 0.674. The predicted molar refractivity (Wildman–Crippen MR) is 51.3 cm³/mol. The molecule has 0 heterocycles. The first-order valence-corrected chi connectivity index (χ1v) is 4.67. The van der Waals surface area contributed by atoms with Crippen LogP contribution in [0.15, 0.2) is 23.1 Å². The van der Waals surface area contributed by atoms with Gasteiger partial charge in [-0.2, -0.15) is 0 Å². The summed E-state index contributed by atoms with van der Waals surface area (Å²) in [5, 5.41) is -0.338. The molecule has 1 rings (SSSR count). The standard InChI is InChI=1S/C9H9F2NOS/c1-12(2)9(13)14-7-5-3-4-6(10)8(7)11/h3-5H,1-2H3. The van der Waals surface area contributed by atoms with Gasteiger partial charge in [-0.1, -0.05) is 6.07 Å². The van der Waals surface area contributed by atoms with E-state index in [2.05, 4.69) is 0 Å². The third kappa shape index (κ3) is 2.45. The van der Waals surface area contributed by atoms with Crippen LogP contribution in [0.1, 0.15) is 0 Å². The molecule has 0 N–H and O–H groups in total. The van der Waals surface area contributed by atoms with Gasteiger partial charge < -0.3 is 4.90 Å². The van der Waals surface area contributed by atoms with Gasteiger partial charge in [-0.25, -0.2) is 8.78 Å². The molecule has 0 saturated carbocycles. The van der Waals surface area contributed by atoms with Crippen molar-refractivity contribution in [3.05, 3.63) is 29.8 Å². The molecule has 0 aliphatic carbocycles. The van der Waals surface area contributed by atoms with Gasteiger partial charge in [-0.3, -0.25) is 4.79 Å². The highest BCUT2D eigenvalue weighted by molar-refractivity contribution is 8.13. The van der Waals surface area contributed by atoms with E-state index in [1.807, 2.05) is 0 Å². The average Bonchev–Trinajstić information content (AvgIpc) is 2.12. The summed E-state index contributed by atoms with van der Waals surface area (Å²) in [6.07, 6.45) is 0. The van der Waals surface area contributed by atoms with Crippen molar-refractivity contribution in [3.8, 4) is 0 Å². The lowest BCUT2D eigenvalue weighted by molar-refractivity contribution is 0.241. The molecule has 2 nitrogen and oxygen atoms in total. The second-order valence-corrected chi connectivity index (χ2v) is 3.81. The first kappa shape index (κ1) is 11.0. The monoisotopic (exact) mass is 217 g/mol. The van der Waals surface area contributed by atoms with Crippen molar-refractivity contribution in [3.63, 3.8) is 0 Å². The van der Waals surface area contributed by atoms with Crippen LogP contribution in [0.25, 0.3) is 0 Å². The lowest BCUT2D eigenvalue weighted by Gasteiger charge is -2.09. The van der Waals surface area contributed by atoms with E-state index in [0.29, 0.717) is 11.8 Å². The smallest absolute Gasteiger partial charge is 0.286 e. The van der Waals surface area contributed by atoms with Gasteiger partial charge in [0.2, 0.25) is 0 Å². The molecule has 14 heavy (non-hydrogen) atoms. The number of thioether (sulfide) groups is 1. The maximum atomic E-state index is 13.1. The summed E-state index contributed by atoms with van der Waals surface area (Å²) < 4.78 is 25.8. The van der Waals surface area contributed by atoms with Crippen LogP contribution in [0.2, 0.25) is 0 Å². The zero-order valence-corrected chi connectivity index (χ0v) is 8.57. The third-order valence-corrected chi connectivity index (χ3v) is 2.55. The first-order chi connectivity index (χ1) is 6.52. The van der Waals surface area contributed by atoms with Gasteiger partial charge in [0.15, 0.2) is 11.6 Å². The number of halogens is 2. The molecule has 0 saturated heterocycles. The van der Waals surface area contributed by atoms with Crippen LogP contribution in [0.3, 0.4) is 0 Å². The van der Waals surface area contributed by atoms with Gasteiger partial charge in [-0.05, 0) is 23.9 Å². The second-order valence-electron chi connectivity index (χ2n) is 2.81. The molecule has 0 aliphatic rings. The Kier molecular flexibility index (Phi) is 3.46. The van der Waals surface area contributed by atoms with E-state index < -0.39 is 11.6 Å². The van der Waals surface area contributed by atoms with Crippen molar-refractivity contribution in [1.29, 1.82) is 0 Å². The summed E-state index contributed by atoms with van der Waals surface area (Å²) >= 11 is 0.664. The second kappa shape index (κ2) is 4.41. The Morgan fingerprint density at radius 1 is 1.36 bits per heavy atom. The molecule has 1 amide bonds. The van der Waals surface area contributed by atoms with Crippen LogP contribution >= 0.6 is 11.8 Å². The fourth-order valence-electron chi connectivity index (χ4n) is 0.748. The van der Waals surface area contributed by atoms with Crippen molar-refractivity contribution in [2.24, 2.45) is 0 Å². The normalized spacial score (nSPS) is 10.0. The molecule has 0 radical (unpaired) electrons. The lowest BCUT2D eigenvalue weighted by atomic mass is 10.3. The highest BCUT2D eigenvalue weighted by atomic mass is 32.2. The summed E-state index contributed by atoms with van der Waals surface area (Å²) in [6.45, 7) is 0. The largest absolute Gasteiger partial charge is 0.339 e. The number of carbonyl (C=O) groups is 1. The van der Waals surface area contributed by atoms with Crippen molar-refractivity contribution in [2.45, 2.75) is 4.90 Å². The molecule has 1 aromatic carbocycles. The lowest BCUT2D eigenvalue weighted by Crippen LogP contribution is -2.16. The van der Waals surface area contributed by atoms with Gasteiger partial charge in [0.05, 0.1) is 4.90 Å². The van der Waals surface area contributed by atoms with Crippen LogP contribution < -0.4 is 0 Å². The minimum atomic E-state index is -0.979. The van der Waals surface area contributed by atoms with E-state index in [1.54, 1.807) is 14.1 Å². The van der Waals surface area contributed by atoms with Gasteiger partial charge in [-0.15, -0.1) is 0 Å². The molecule has 1 aromatic rings. The van der Waals surface area contributed by atoms with E-state index in [4.69, 9.17) is 0 Å². The molecule has 0 aromatic heterocycles. The summed E-state index contributed by atoms with van der Waals surface area (Å²) in [5.74, 6) is -1.92. The molecule has 0 atom stereocenters. The van der Waals surface area contributed by atoms with E-state index in [9.17, 15) is 13.6 Å². The fraction of sp³-hybridized carbons (Fsp3) is 0.222. The Morgan fingerprint density at radius 2 is 2.00 bits per heavy atom. The van der Waals surface area contributed by atoms with E-state index in [0.717, 1.165) is 6.07 Å². The minimum Gasteiger partial charge on any atom is -0.339 e. The van der Waals surface area contributed by atoms with Gasteiger partial charge in [0.25, 0.3) is 5.24 Å². The maximum absolute atomic E-state index is 13.1. The van der Waals surface area contributed by atoms with Gasteiger partial charge in [0, 0.05) is 14.1 Å². The fourth-order valence-corrected chi connectivity index (χ4v) is 1.45. The average molecular weight is 217 g/mol. The van der Waals surface area contributed by atoms with Crippen molar-refractivity contribution in [1.82, 2.24) is 4.90 Å². The Morgan fingerprint density at radius 3 is 2.57 bits per heavy atom. The van der Waals surface area contributed by atoms with Gasteiger partial charge in [0.1, 0.15) is 0 Å². The Bertz CT molecular complexity index is 355. The zero-order valence-electron chi connectivity index (χ0n) is 7.75. The van der Waals surface area contributed by atoms with Crippen LogP contribution in [0, 0.1) is 11.6 Å². The number of rotatable bonds is 1. The molecular weight excluding hydrogens is 208 g/mol. The molecule has 5 heteroatoms. The Labute approximate surface area is 84.9 Å². The van der Waals surface area contributed by atoms with Crippen molar-refractivity contribution in [2.75, 3.05) is 14.1 Å². The molecular formula is C9H9F2NOS. The highest BCUT2D eigenvalue weighted by Crippen LogP contribution is 2.24. The number of nitrogens with zero attached hydrogens (tertiary/aromatic N) is 1. The molecule has 76 valence electrons. The molecule has 0 fully saturated rings. The summed E-state index contributed by atoms with van der Waals surface area (Å²) in [4.78, 5) is 12.5. The Balaban J connectivity index is 2.87. The third-order valence-electron chi connectivity index (χ3n) is 1.48. The number of amides is 1. The number of benzene rings is 1. The molecule has 0 bridgehead atoms. The number of hydrogen-bond acceptors (Lipinski definition) is 2. The summed E-state index contributed by atoms with van der Waals surface area (Å²) in [5.41, 5.74) is 0. The van der Waals surface area contributed by atoms with Crippen molar-refractivity contribution >= 4 is 17.0 Å². The van der Waals surface area contributed by atoms with E-state index >= 15 is 0 Å². The van der Waals surface area contributed by atoms with Crippen LogP contribution in [0.5, 0.6) is 0 Å². The molecule has 0 spiro atoms. The minimum absolute atomic E-state index is 0.00343. The predicted octanol–water partition coefficient (Wildman–Crippen LogP) is 2.74. The van der Waals surface area contributed by atoms with Crippen LogP contribution in [0.4, 0.5) is 13.6 Å². The number of carbonyl (C=O) groups excluding carboxylic acids is 1. The topological polar surface area (TPSA) is 20.3 Å². The Hall–Kier alpha value is -1.10. The highest BCUT2D eigenvalue weighted by Gasteiger charge is 2.13. The number of hydrogen-bond donors (Lipinski definition) is 0. The molecule has 0 unspecified atom stereocenters. The summed E-state index contributed by atoms with van der Waals surface area (Å²) in [7, 11) is 3.10. The zero-order chi connectivity index (χ0) is 10.7. The maximum Gasteiger partial charge on any atom is 0.286 e. The van der Waals surface area contributed by atoms with Crippen molar-refractivity contribution < 1.29 is 13.6 Å². The first-order valence-electron chi connectivity index (χ1n) is 3.85. The summed E-state index contributed by atoms with van der Waals surface area (Å²) in [6, 6.07) is 3.74. The van der Waals surface area contributed by atoms with E-state index in [-0.39, 0.29) is 10.1 Å². The van der Waals surface area contributed by atoms with E-state index in [1.165, 1.54) is 17.0 Å².